The molecule has 0 N–H and O–H groups in total. The fourth-order valence-corrected chi connectivity index (χ4v) is 4.11. The minimum Gasteiger partial charge on any atom is -0.294 e. The molecule has 1 aromatic carbocycles. The fraction of sp³-hybridized carbons (Fsp3) is 0.438. The third-order valence-electron chi connectivity index (χ3n) is 3.99. The van der Waals surface area contributed by atoms with Crippen LogP contribution in [0.4, 0.5) is 0 Å². The van der Waals surface area contributed by atoms with E-state index in [-0.39, 0.29) is 6.04 Å². The monoisotopic (exact) mass is 345 g/mol. The maximum Gasteiger partial charge on any atom is 0.174 e. The van der Waals surface area contributed by atoms with Gasteiger partial charge < -0.3 is 0 Å². The quantitative estimate of drug-likeness (QED) is 0.777. The van der Waals surface area contributed by atoms with E-state index in [0.29, 0.717) is 0 Å². The van der Waals surface area contributed by atoms with Crippen LogP contribution in [0, 0.1) is 11.3 Å². The fourth-order valence-electron chi connectivity index (χ4n) is 2.76. The Kier molecular flexibility index (Phi) is 5.62. The molecule has 7 heteroatoms. The number of rotatable bonds is 5. The van der Waals surface area contributed by atoms with Crippen LogP contribution in [0.25, 0.3) is 0 Å². The highest BCUT2D eigenvalue weighted by atomic mass is 32.2. The summed E-state index contributed by atoms with van der Waals surface area (Å²) < 4.78 is 1.02. The molecule has 2 heterocycles. The summed E-state index contributed by atoms with van der Waals surface area (Å²) in [5.74, 6) is 0. The lowest BCUT2D eigenvalue weighted by atomic mass is 10.1. The van der Waals surface area contributed by atoms with Crippen molar-refractivity contribution in [2.24, 2.45) is 0 Å². The molecule has 23 heavy (non-hydrogen) atoms. The van der Waals surface area contributed by atoms with E-state index in [1.165, 1.54) is 0 Å². The summed E-state index contributed by atoms with van der Waals surface area (Å²) in [5.41, 5.74) is 1.08. The Morgan fingerprint density at radius 1 is 1.22 bits per heavy atom. The molecule has 1 aliphatic heterocycles. The molecular weight excluding hydrogens is 326 g/mol. The van der Waals surface area contributed by atoms with Crippen molar-refractivity contribution in [3.05, 3.63) is 40.9 Å². The average molecular weight is 345 g/mol. The van der Waals surface area contributed by atoms with Crippen LogP contribution in [0.2, 0.25) is 0 Å². The molecule has 3 rings (SSSR count). The molecule has 0 bridgehead atoms. The van der Waals surface area contributed by atoms with Gasteiger partial charge in [-0.05, 0) is 11.8 Å². The van der Waals surface area contributed by atoms with Crippen molar-refractivity contribution in [1.82, 2.24) is 20.0 Å². The highest BCUT2D eigenvalue weighted by Crippen LogP contribution is 2.23. The molecule has 5 nitrogen and oxygen atoms in total. The zero-order chi connectivity index (χ0) is 16.1. The maximum absolute atomic E-state index is 9.54. The Morgan fingerprint density at radius 2 is 1.96 bits per heavy atom. The van der Waals surface area contributed by atoms with E-state index in [1.54, 1.807) is 23.1 Å². The molecule has 0 aliphatic carbocycles. The topological polar surface area (TPSA) is 56.1 Å². The summed E-state index contributed by atoms with van der Waals surface area (Å²) in [6.07, 6.45) is 2.02. The highest BCUT2D eigenvalue weighted by Gasteiger charge is 2.25. The minimum atomic E-state index is -0.150. The van der Waals surface area contributed by atoms with Gasteiger partial charge in [0.05, 0.1) is 12.6 Å². The first-order chi connectivity index (χ1) is 11.3. The van der Waals surface area contributed by atoms with Crippen molar-refractivity contribution in [3.8, 4) is 6.07 Å². The maximum atomic E-state index is 9.54. The van der Waals surface area contributed by atoms with E-state index < -0.39 is 0 Å². The first kappa shape index (κ1) is 16.4. The summed E-state index contributed by atoms with van der Waals surface area (Å²) in [6.45, 7) is 4.58. The first-order valence-electron chi connectivity index (χ1n) is 7.57. The van der Waals surface area contributed by atoms with Crippen LogP contribution < -0.4 is 0 Å². The summed E-state index contributed by atoms with van der Waals surface area (Å²) >= 11 is 3.31. The molecule has 0 saturated carbocycles. The van der Waals surface area contributed by atoms with Crippen LogP contribution in [0.15, 0.2) is 34.7 Å². The van der Waals surface area contributed by atoms with Crippen LogP contribution in [-0.4, -0.2) is 52.4 Å². The molecule has 1 saturated heterocycles. The lowest BCUT2D eigenvalue weighted by Crippen LogP contribution is -2.46. The first-order valence-corrected chi connectivity index (χ1v) is 9.61. The number of hydrogen-bond donors (Lipinski definition) is 0. The van der Waals surface area contributed by atoms with Gasteiger partial charge in [0, 0.05) is 26.2 Å². The van der Waals surface area contributed by atoms with Gasteiger partial charge in [0.2, 0.25) is 0 Å². The molecule has 1 atom stereocenters. The standard InChI is InChI=1S/C16H19N5S2/c1-22-16-19-18-15(23-16)12-20-7-9-21(10-8-20)14(11-17)13-5-3-2-4-6-13/h2-6,14H,7-10,12H2,1H3/t14-/m1/s1. The van der Waals surface area contributed by atoms with Gasteiger partial charge in [0.1, 0.15) is 11.0 Å². The van der Waals surface area contributed by atoms with E-state index >= 15 is 0 Å². The van der Waals surface area contributed by atoms with E-state index in [9.17, 15) is 5.26 Å². The van der Waals surface area contributed by atoms with Crippen LogP contribution in [-0.2, 0) is 6.54 Å². The number of nitrogens with zero attached hydrogens (tertiary/aromatic N) is 5. The summed E-state index contributed by atoms with van der Waals surface area (Å²) in [4.78, 5) is 4.65. The number of piperazine rings is 1. The second kappa shape index (κ2) is 7.88. The summed E-state index contributed by atoms with van der Waals surface area (Å²) in [6, 6.07) is 12.3. The molecule has 1 aliphatic rings. The highest BCUT2D eigenvalue weighted by molar-refractivity contribution is 8.00. The van der Waals surface area contributed by atoms with Crippen molar-refractivity contribution in [1.29, 1.82) is 5.26 Å². The van der Waals surface area contributed by atoms with Gasteiger partial charge in [-0.1, -0.05) is 53.4 Å². The Labute approximate surface area is 144 Å². The average Bonchev–Trinajstić information content (AvgIpc) is 3.06. The summed E-state index contributed by atoms with van der Waals surface area (Å²) in [7, 11) is 0. The molecule has 120 valence electrons. The third kappa shape index (κ3) is 4.09. The van der Waals surface area contributed by atoms with Gasteiger partial charge in [-0.15, -0.1) is 10.2 Å². The van der Waals surface area contributed by atoms with E-state index in [4.69, 9.17) is 0 Å². The lowest BCUT2D eigenvalue weighted by molar-refractivity contribution is 0.109. The predicted molar refractivity (Wildman–Crippen MR) is 93.3 cm³/mol. The molecule has 0 radical (unpaired) electrons. The number of nitriles is 1. The van der Waals surface area contributed by atoms with Crippen molar-refractivity contribution >= 4 is 23.1 Å². The molecule has 2 aromatic rings. The third-order valence-corrected chi connectivity index (χ3v) is 5.87. The van der Waals surface area contributed by atoms with E-state index in [1.807, 2.05) is 36.6 Å². The van der Waals surface area contributed by atoms with Gasteiger partial charge >= 0.3 is 0 Å². The van der Waals surface area contributed by atoms with Gasteiger partial charge in [-0.25, -0.2) is 0 Å². The number of aromatic nitrogens is 2. The Hall–Kier alpha value is -1.46. The molecular formula is C16H19N5S2. The van der Waals surface area contributed by atoms with Crippen LogP contribution in [0.1, 0.15) is 16.6 Å². The van der Waals surface area contributed by atoms with Gasteiger partial charge in [-0.3, -0.25) is 9.80 Å². The van der Waals surface area contributed by atoms with Crippen LogP contribution >= 0.6 is 23.1 Å². The zero-order valence-corrected chi connectivity index (χ0v) is 14.7. The lowest BCUT2D eigenvalue weighted by Gasteiger charge is -2.36. The van der Waals surface area contributed by atoms with E-state index in [2.05, 4.69) is 26.1 Å². The van der Waals surface area contributed by atoms with Gasteiger partial charge in [0.25, 0.3) is 0 Å². The SMILES string of the molecule is CSc1nnc(CN2CCN([C@H](C#N)c3ccccc3)CC2)s1. The Balaban J connectivity index is 1.56. The largest absolute Gasteiger partial charge is 0.294 e. The van der Waals surface area contributed by atoms with Crippen molar-refractivity contribution < 1.29 is 0 Å². The normalized spacial score (nSPS) is 17.7. The van der Waals surface area contributed by atoms with Gasteiger partial charge in [-0.2, -0.15) is 5.26 Å². The van der Waals surface area contributed by atoms with Crippen molar-refractivity contribution in [3.63, 3.8) is 0 Å². The summed E-state index contributed by atoms with van der Waals surface area (Å²) in [5, 5.41) is 19.0. The van der Waals surface area contributed by atoms with E-state index in [0.717, 1.165) is 47.6 Å². The van der Waals surface area contributed by atoms with Crippen molar-refractivity contribution in [2.45, 2.75) is 16.9 Å². The van der Waals surface area contributed by atoms with Crippen LogP contribution in [0.5, 0.6) is 0 Å². The minimum absolute atomic E-state index is 0.150. The molecule has 0 amide bonds. The second-order valence-electron chi connectivity index (χ2n) is 5.42. The Morgan fingerprint density at radius 3 is 2.57 bits per heavy atom. The Bertz CT molecular complexity index is 659. The predicted octanol–water partition coefficient (Wildman–Crippen LogP) is 2.64. The molecule has 0 unspecified atom stereocenters. The number of benzene rings is 1. The molecule has 1 aromatic heterocycles. The zero-order valence-electron chi connectivity index (χ0n) is 13.1. The molecule has 1 fully saturated rings. The van der Waals surface area contributed by atoms with Crippen LogP contribution in [0.3, 0.4) is 0 Å². The van der Waals surface area contributed by atoms with Gasteiger partial charge in [0.15, 0.2) is 4.34 Å². The van der Waals surface area contributed by atoms with Crippen molar-refractivity contribution in [2.75, 3.05) is 32.4 Å². The number of thioether (sulfide) groups is 1. The number of hydrogen-bond acceptors (Lipinski definition) is 7. The second-order valence-corrected chi connectivity index (χ2v) is 7.54. The smallest absolute Gasteiger partial charge is 0.174 e. The molecule has 0 spiro atoms.